The smallest absolute Gasteiger partial charge is 0.0947 e. The highest BCUT2D eigenvalue weighted by atomic mass is 32.2. The highest BCUT2D eigenvalue weighted by Crippen LogP contribution is 2.37. The Morgan fingerprint density at radius 2 is 2.26 bits per heavy atom. The summed E-state index contributed by atoms with van der Waals surface area (Å²) < 4.78 is 0. The van der Waals surface area contributed by atoms with Gasteiger partial charge in [-0.05, 0) is 24.6 Å². The van der Waals surface area contributed by atoms with Gasteiger partial charge < -0.3 is 10.6 Å². The molecule has 2 rings (SSSR count). The van der Waals surface area contributed by atoms with Gasteiger partial charge in [0.25, 0.3) is 0 Å². The molecule has 3 nitrogen and oxygen atoms in total. The first kappa shape index (κ1) is 14.4. The third-order valence-electron chi connectivity index (χ3n) is 3.69. The second kappa shape index (κ2) is 6.44. The predicted octanol–water partition coefficient (Wildman–Crippen LogP) is 2.60. The number of rotatable bonds is 6. The van der Waals surface area contributed by atoms with E-state index < -0.39 is 0 Å². The van der Waals surface area contributed by atoms with Crippen LogP contribution in [0.2, 0.25) is 0 Å². The molecule has 0 spiro atoms. The minimum Gasteiger partial charge on any atom is -0.387 e. The Kier molecular flexibility index (Phi) is 4.88. The number of nitrogens with one attached hydrogen (secondary N) is 1. The summed E-state index contributed by atoms with van der Waals surface area (Å²) in [6.45, 7) is 7.19. The molecule has 0 radical (unpaired) electrons. The van der Waals surface area contributed by atoms with Crippen molar-refractivity contribution in [3.05, 3.63) is 29.8 Å². The fraction of sp³-hybridized carbons (Fsp3) is 0.533. The Morgan fingerprint density at radius 3 is 2.89 bits per heavy atom. The van der Waals surface area contributed by atoms with Gasteiger partial charge in [0.05, 0.1) is 5.84 Å². The van der Waals surface area contributed by atoms with Crippen LogP contribution in [-0.4, -0.2) is 35.6 Å². The van der Waals surface area contributed by atoms with Crippen LogP contribution in [-0.2, 0) is 6.42 Å². The van der Waals surface area contributed by atoms with Gasteiger partial charge in [0.1, 0.15) is 0 Å². The molecule has 1 aromatic carbocycles. The van der Waals surface area contributed by atoms with Crippen molar-refractivity contribution in [3.63, 3.8) is 0 Å². The van der Waals surface area contributed by atoms with Gasteiger partial charge in [-0.1, -0.05) is 32.0 Å². The highest BCUT2D eigenvalue weighted by Gasteiger charge is 2.24. The molecule has 0 fully saturated rings. The van der Waals surface area contributed by atoms with E-state index >= 15 is 0 Å². The molecular weight excluding hydrogens is 254 g/mol. The van der Waals surface area contributed by atoms with E-state index in [-0.39, 0.29) is 5.92 Å². The number of nitrogens with zero attached hydrogens (tertiary/aromatic N) is 1. The molecule has 2 atom stereocenters. The van der Waals surface area contributed by atoms with Crippen LogP contribution in [0.25, 0.3) is 0 Å². The lowest BCUT2D eigenvalue weighted by Crippen LogP contribution is -2.38. The van der Waals surface area contributed by atoms with Crippen molar-refractivity contribution in [2.24, 2.45) is 11.7 Å². The quantitative estimate of drug-likeness (QED) is 0.621. The van der Waals surface area contributed by atoms with E-state index in [4.69, 9.17) is 11.1 Å². The number of nitrogens with two attached hydrogens (primary N) is 1. The topological polar surface area (TPSA) is 53.1 Å². The van der Waals surface area contributed by atoms with E-state index in [1.165, 1.54) is 10.5 Å². The van der Waals surface area contributed by atoms with Crippen molar-refractivity contribution in [3.8, 4) is 0 Å². The van der Waals surface area contributed by atoms with Crippen LogP contribution in [0.5, 0.6) is 0 Å². The molecule has 1 aromatic rings. The molecule has 19 heavy (non-hydrogen) atoms. The van der Waals surface area contributed by atoms with Gasteiger partial charge in [0.15, 0.2) is 0 Å². The average molecular weight is 277 g/mol. The summed E-state index contributed by atoms with van der Waals surface area (Å²) >= 11 is 1.99. The van der Waals surface area contributed by atoms with E-state index in [2.05, 4.69) is 36.1 Å². The number of thioether (sulfide) groups is 1. The zero-order chi connectivity index (χ0) is 13.8. The zero-order valence-electron chi connectivity index (χ0n) is 11.7. The van der Waals surface area contributed by atoms with E-state index in [9.17, 15) is 0 Å². The number of benzene rings is 1. The summed E-state index contributed by atoms with van der Waals surface area (Å²) in [5.74, 6) is 0.439. The SMILES string of the molecule is CCN(CC1Cc2ccccc2S1)CC(C)C(=N)N. The number of amidine groups is 1. The Morgan fingerprint density at radius 1 is 1.53 bits per heavy atom. The van der Waals surface area contributed by atoms with Crippen molar-refractivity contribution in [2.45, 2.75) is 30.4 Å². The van der Waals surface area contributed by atoms with Crippen LogP contribution in [0, 0.1) is 11.3 Å². The largest absolute Gasteiger partial charge is 0.387 e. The monoisotopic (exact) mass is 277 g/mol. The summed E-state index contributed by atoms with van der Waals surface area (Å²) in [6.07, 6.45) is 1.16. The van der Waals surface area contributed by atoms with Crippen LogP contribution in [0.4, 0.5) is 0 Å². The summed E-state index contributed by atoms with van der Waals surface area (Å²) in [4.78, 5) is 3.85. The maximum atomic E-state index is 7.50. The van der Waals surface area contributed by atoms with Gasteiger partial charge >= 0.3 is 0 Å². The molecule has 0 aliphatic carbocycles. The predicted molar refractivity (Wildman–Crippen MR) is 83.0 cm³/mol. The van der Waals surface area contributed by atoms with Gasteiger partial charge in [0, 0.05) is 29.2 Å². The van der Waals surface area contributed by atoms with E-state index in [1.54, 1.807) is 0 Å². The van der Waals surface area contributed by atoms with Crippen molar-refractivity contribution < 1.29 is 0 Å². The van der Waals surface area contributed by atoms with Crippen molar-refractivity contribution in [1.29, 1.82) is 5.41 Å². The van der Waals surface area contributed by atoms with Gasteiger partial charge in [-0.15, -0.1) is 11.8 Å². The summed E-state index contributed by atoms with van der Waals surface area (Å²) in [5, 5.41) is 8.14. The molecule has 4 heteroatoms. The normalized spacial score (nSPS) is 19.4. The number of fused-ring (bicyclic) bond motifs is 1. The maximum absolute atomic E-state index is 7.50. The Bertz CT molecular complexity index is 422. The Hall–Kier alpha value is -1.00. The highest BCUT2D eigenvalue weighted by molar-refractivity contribution is 8.00. The lowest BCUT2D eigenvalue weighted by atomic mass is 10.1. The van der Waals surface area contributed by atoms with E-state index in [0.717, 1.165) is 26.1 Å². The lowest BCUT2D eigenvalue weighted by molar-refractivity contribution is 0.272. The fourth-order valence-corrected chi connectivity index (χ4v) is 3.83. The molecule has 2 unspecified atom stereocenters. The third kappa shape index (κ3) is 3.74. The maximum Gasteiger partial charge on any atom is 0.0947 e. The molecule has 0 bridgehead atoms. The molecule has 0 amide bonds. The minimum absolute atomic E-state index is 0.147. The molecular formula is C15H23N3S. The van der Waals surface area contributed by atoms with E-state index in [0.29, 0.717) is 11.1 Å². The number of hydrogen-bond acceptors (Lipinski definition) is 3. The second-order valence-corrected chi connectivity index (χ2v) is 6.60. The molecule has 3 N–H and O–H groups in total. The van der Waals surface area contributed by atoms with Crippen molar-refractivity contribution in [2.75, 3.05) is 19.6 Å². The molecule has 104 valence electrons. The minimum atomic E-state index is 0.147. The molecule has 1 aliphatic heterocycles. The van der Waals surface area contributed by atoms with E-state index in [1.807, 2.05) is 18.7 Å². The van der Waals surface area contributed by atoms with Crippen LogP contribution in [0.15, 0.2) is 29.2 Å². The first-order valence-electron chi connectivity index (χ1n) is 6.91. The molecule has 1 aliphatic rings. The first-order valence-corrected chi connectivity index (χ1v) is 7.79. The third-order valence-corrected chi connectivity index (χ3v) is 4.99. The van der Waals surface area contributed by atoms with Crippen molar-refractivity contribution >= 4 is 17.6 Å². The zero-order valence-corrected chi connectivity index (χ0v) is 12.5. The average Bonchev–Trinajstić information content (AvgIpc) is 2.79. The van der Waals surface area contributed by atoms with Crippen LogP contribution >= 0.6 is 11.8 Å². The molecule has 1 heterocycles. The summed E-state index contributed by atoms with van der Waals surface area (Å²) in [6, 6.07) is 8.69. The van der Waals surface area contributed by atoms with Gasteiger partial charge in [-0.25, -0.2) is 0 Å². The van der Waals surface area contributed by atoms with Crippen LogP contribution in [0.3, 0.4) is 0 Å². The Labute approximate surface area is 120 Å². The Balaban J connectivity index is 1.89. The second-order valence-electron chi connectivity index (χ2n) is 5.26. The number of hydrogen-bond donors (Lipinski definition) is 2. The summed E-state index contributed by atoms with van der Waals surface area (Å²) in [7, 11) is 0. The van der Waals surface area contributed by atoms with Crippen LogP contribution in [0.1, 0.15) is 19.4 Å². The first-order chi connectivity index (χ1) is 9.10. The van der Waals surface area contributed by atoms with Gasteiger partial charge in [-0.3, -0.25) is 5.41 Å². The standard InChI is InChI=1S/C15H23N3S/c1-3-18(9-11(2)15(16)17)10-13-8-12-6-4-5-7-14(12)19-13/h4-7,11,13H,3,8-10H2,1-2H3,(H3,16,17). The van der Waals surface area contributed by atoms with Gasteiger partial charge in [0.2, 0.25) is 0 Å². The molecule has 0 aromatic heterocycles. The summed E-state index contributed by atoms with van der Waals surface area (Å²) in [5.41, 5.74) is 7.05. The lowest BCUT2D eigenvalue weighted by Gasteiger charge is -2.26. The van der Waals surface area contributed by atoms with Crippen LogP contribution < -0.4 is 5.73 Å². The molecule has 0 saturated carbocycles. The van der Waals surface area contributed by atoms with Gasteiger partial charge in [-0.2, -0.15) is 0 Å². The molecule has 0 saturated heterocycles. The fourth-order valence-electron chi connectivity index (χ4n) is 2.46. The van der Waals surface area contributed by atoms with Crippen molar-refractivity contribution in [1.82, 2.24) is 4.90 Å².